The Kier molecular flexibility index (Phi) is 3.62. The summed E-state index contributed by atoms with van der Waals surface area (Å²) in [6.07, 6.45) is 1.60. The first-order valence-corrected chi connectivity index (χ1v) is 5.58. The molecule has 2 aromatic rings. The molecule has 1 fully saturated rings. The number of aliphatic hydroxyl groups is 2. The molecule has 0 unspecified atom stereocenters. The van der Waals surface area contributed by atoms with Crippen molar-refractivity contribution in [1.82, 2.24) is 19.5 Å². The summed E-state index contributed by atoms with van der Waals surface area (Å²) in [7, 11) is 0. The van der Waals surface area contributed by atoms with Gasteiger partial charge >= 0.3 is 0 Å². The first-order chi connectivity index (χ1) is 8.70. The average molecular weight is 269 g/mol. The smallest absolute Gasteiger partial charge is 0.167 e. The molecule has 0 saturated carbocycles. The summed E-state index contributed by atoms with van der Waals surface area (Å²) in [4.78, 5) is 12.1. The fourth-order valence-electron chi connectivity index (χ4n) is 2.13. The predicted molar refractivity (Wildman–Crippen MR) is 65.0 cm³/mol. The van der Waals surface area contributed by atoms with E-state index in [1.54, 1.807) is 10.9 Å². The van der Waals surface area contributed by atoms with Crippen molar-refractivity contribution in [3.8, 4) is 0 Å². The van der Waals surface area contributed by atoms with E-state index in [1.807, 2.05) is 0 Å². The lowest BCUT2D eigenvalue weighted by Crippen LogP contribution is -2.24. The standard InChI is InChI=1S/C10H13N5O3.H2O/c11-9-8-10(13-3-12-9)15(4-14-8)7-1-5(17)6(2-16)18-7;/h3-7,16-17H,1-2H2,(H2,11,12,13);1H2/t5-,6-,7-;/m1./s1. The van der Waals surface area contributed by atoms with E-state index >= 15 is 0 Å². The van der Waals surface area contributed by atoms with Crippen molar-refractivity contribution in [2.24, 2.45) is 0 Å². The molecule has 9 heteroatoms. The normalized spacial score (nSPS) is 26.5. The van der Waals surface area contributed by atoms with E-state index in [0.717, 1.165) is 0 Å². The van der Waals surface area contributed by atoms with Crippen LogP contribution in [0.2, 0.25) is 0 Å². The van der Waals surface area contributed by atoms with E-state index in [1.165, 1.54) is 6.33 Å². The first kappa shape index (κ1) is 13.6. The molecular formula is C10H15N5O4. The Morgan fingerprint density at radius 1 is 1.42 bits per heavy atom. The van der Waals surface area contributed by atoms with Gasteiger partial charge in [0.1, 0.15) is 24.2 Å². The van der Waals surface area contributed by atoms with Crippen molar-refractivity contribution in [1.29, 1.82) is 0 Å². The number of nitrogens with two attached hydrogens (primary N) is 1. The Morgan fingerprint density at radius 2 is 2.21 bits per heavy atom. The van der Waals surface area contributed by atoms with Gasteiger partial charge in [-0.15, -0.1) is 0 Å². The minimum Gasteiger partial charge on any atom is -0.412 e. The molecule has 3 atom stereocenters. The molecule has 19 heavy (non-hydrogen) atoms. The number of rotatable bonds is 2. The second-order valence-corrected chi connectivity index (χ2v) is 4.20. The summed E-state index contributed by atoms with van der Waals surface area (Å²) < 4.78 is 7.22. The number of hydrogen-bond donors (Lipinski definition) is 3. The average Bonchev–Trinajstić information content (AvgIpc) is 2.93. The lowest BCUT2D eigenvalue weighted by atomic mass is 10.2. The third-order valence-electron chi connectivity index (χ3n) is 3.08. The van der Waals surface area contributed by atoms with Crippen LogP contribution in [0, 0.1) is 0 Å². The highest BCUT2D eigenvalue weighted by Crippen LogP contribution is 2.30. The molecule has 0 aromatic carbocycles. The highest BCUT2D eigenvalue weighted by Gasteiger charge is 2.35. The van der Waals surface area contributed by atoms with Crippen molar-refractivity contribution in [3.05, 3.63) is 12.7 Å². The van der Waals surface area contributed by atoms with Gasteiger partial charge in [-0.1, -0.05) is 0 Å². The summed E-state index contributed by atoms with van der Waals surface area (Å²) in [6, 6.07) is 0. The van der Waals surface area contributed by atoms with Gasteiger partial charge in [0.25, 0.3) is 0 Å². The second kappa shape index (κ2) is 5.05. The van der Waals surface area contributed by atoms with E-state index in [4.69, 9.17) is 15.6 Å². The highest BCUT2D eigenvalue weighted by atomic mass is 16.5. The van der Waals surface area contributed by atoms with E-state index in [0.29, 0.717) is 23.4 Å². The van der Waals surface area contributed by atoms with Gasteiger partial charge < -0.3 is 26.2 Å². The molecule has 2 aromatic heterocycles. The van der Waals surface area contributed by atoms with Crippen LogP contribution in [0.5, 0.6) is 0 Å². The molecule has 104 valence electrons. The van der Waals surface area contributed by atoms with Crippen LogP contribution in [0.3, 0.4) is 0 Å². The summed E-state index contributed by atoms with van der Waals surface area (Å²) >= 11 is 0. The highest BCUT2D eigenvalue weighted by molar-refractivity contribution is 5.81. The monoisotopic (exact) mass is 269 g/mol. The maximum atomic E-state index is 9.71. The van der Waals surface area contributed by atoms with Crippen molar-refractivity contribution < 1.29 is 20.4 Å². The number of imidazole rings is 1. The van der Waals surface area contributed by atoms with Crippen LogP contribution in [-0.2, 0) is 4.74 Å². The van der Waals surface area contributed by atoms with E-state index < -0.39 is 18.4 Å². The fraction of sp³-hybridized carbons (Fsp3) is 0.500. The Balaban J connectivity index is 0.00000133. The lowest BCUT2D eigenvalue weighted by molar-refractivity contribution is -0.0432. The van der Waals surface area contributed by atoms with Gasteiger partial charge in [-0.2, -0.15) is 0 Å². The van der Waals surface area contributed by atoms with Gasteiger partial charge in [0.2, 0.25) is 0 Å². The SMILES string of the molecule is Nc1ncnc2c1ncn2[C@H]1C[C@@H](O)[C@@H](CO)O1.O. The van der Waals surface area contributed by atoms with Gasteiger partial charge in [0, 0.05) is 6.42 Å². The molecule has 0 spiro atoms. The molecule has 1 aliphatic heterocycles. The summed E-state index contributed by atoms with van der Waals surface area (Å²) in [5, 5.41) is 18.8. The Bertz CT molecular complexity index is 574. The maximum absolute atomic E-state index is 9.71. The molecule has 0 amide bonds. The molecule has 0 aliphatic carbocycles. The number of aromatic nitrogens is 4. The quantitative estimate of drug-likeness (QED) is 0.583. The molecule has 3 rings (SSSR count). The van der Waals surface area contributed by atoms with Crippen molar-refractivity contribution >= 4 is 17.0 Å². The molecule has 0 bridgehead atoms. The fourth-order valence-corrected chi connectivity index (χ4v) is 2.13. The van der Waals surface area contributed by atoms with Gasteiger partial charge in [-0.25, -0.2) is 15.0 Å². The Labute approximate surface area is 108 Å². The summed E-state index contributed by atoms with van der Waals surface area (Å²) in [5.41, 5.74) is 6.75. The molecular weight excluding hydrogens is 254 g/mol. The minimum absolute atomic E-state index is 0. The maximum Gasteiger partial charge on any atom is 0.167 e. The number of fused-ring (bicyclic) bond motifs is 1. The van der Waals surface area contributed by atoms with E-state index in [2.05, 4.69) is 15.0 Å². The number of ether oxygens (including phenoxy) is 1. The number of aliphatic hydroxyl groups excluding tert-OH is 2. The molecule has 1 aliphatic rings. The second-order valence-electron chi connectivity index (χ2n) is 4.20. The van der Waals surface area contributed by atoms with Crippen molar-refractivity contribution in [2.75, 3.05) is 12.3 Å². The summed E-state index contributed by atoms with van der Waals surface area (Å²) in [5.74, 6) is 0.302. The van der Waals surface area contributed by atoms with Crippen LogP contribution < -0.4 is 5.73 Å². The largest absolute Gasteiger partial charge is 0.412 e. The number of hydrogen-bond acceptors (Lipinski definition) is 7. The molecule has 1 saturated heterocycles. The molecule has 0 radical (unpaired) electrons. The van der Waals surface area contributed by atoms with E-state index in [-0.39, 0.29) is 12.1 Å². The molecule has 3 heterocycles. The third kappa shape index (κ3) is 2.12. The van der Waals surface area contributed by atoms with Crippen LogP contribution in [0.1, 0.15) is 12.6 Å². The van der Waals surface area contributed by atoms with Crippen molar-refractivity contribution in [3.63, 3.8) is 0 Å². The summed E-state index contributed by atoms with van der Waals surface area (Å²) in [6.45, 7) is -0.221. The number of nitrogens with zero attached hydrogens (tertiary/aromatic N) is 4. The zero-order valence-electron chi connectivity index (χ0n) is 9.97. The number of anilines is 1. The third-order valence-corrected chi connectivity index (χ3v) is 3.08. The van der Waals surface area contributed by atoms with Gasteiger partial charge in [-0.3, -0.25) is 4.57 Å². The van der Waals surface area contributed by atoms with Crippen LogP contribution in [0.25, 0.3) is 11.2 Å². The van der Waals surface area contributed by atoms with Gasteiger partial charge in [0.05, 0.1) is 19.0 Å². The van der Waals surface area contributed by atoms with Crippen LogP contribution in [-0.4, -0.2) is 54.0 Å². The molecule has 6 N–H and O–H groups in total. The van der Waals surface area contributed by atoms with Gasteiger partial charge in [0.15, 0.2) is 11.5 Å². The zero-order chi connectivity index (χ0) is 12.7. The lowest BCUT2D eigenvalue weighted by Gasteiger charge is -2.13. The molecule has 9 nitrogen and oxygen atoms in total. The predicted octanol–water partition coefficient (Wildman–Crippen LogP) is -1.78. The van der Waals surface area contributed by atoms with Crippen LogP contribution in [0.4, 0.5) is 5.82 Å². The zero-order valence-corrected chi connectivity index (χ0v) is 9.97. The topological polar surface area (TPSA) is 151 Å². The number of nitrogen functional groups attached to an aromatic ring is 1. The van der Waals surface area contributed by atoms with Crippen LogP contribution in [0.15, 0.2) is 12.7 Å². The Morgan fingerprint density at radius 3 is 2.89 bits per heavy atom. The minimum atomic E-state index is -0.698. The Hall–Kier alpha value is -1.81. The first-order valence-electron chi connectivity index (χ1n) is 5.58. The van der Waals surface area contributed by atoms with Gasteiger partial charge in [-0.05, 0) is 0 Å². The van der Waals surface area contributed by atoms with E-state index in [9.17, 15) is 5.11 Å². The van der Waals surface area contributed by atoms with Crippen LogP contribution >= 0.6 is 0 Å². The van der Waals surface area contributed by atoms with Crippen molar-refractivity contribution in [2.45, 2.75) is 24.9 Å².